The summed E-state index contributed by atoms with van der Waals surface area (Å²) < 4.78 is 0. The molecule has 0 radical (unpaired) electrons. The van der Waals surface area contributed by atoms with E-state index >= 15 is 0 Å². The van der Waals surface area contributed by atoms with Crippen LogP contribution in [0.2, 0.25) is 0 Å². The molecule has 1 amide bonds. The number of hydrazone groups is 1. The van der Waals surface area contributed by atoms with Gasteiger partial charge < -0.3 is 5.11 Å². The highest BCUT2D eigenvalue weighted by Crippen LogP contribution is 2.21. The van der Waals surface area contributed by atoms with Gasteiger partial charge in [0.15, 0.2) is 0 Å². The van der Waals surface area contributed by atoms with Gasteiger partial charge >= 0.3 is 0 Å². The molecule has 0 atom stereocenters. The van der Waals surface area contributed by atoms with E-state index in [1.54, 1.807) is 17.5 Å². The van der Waals surface area contributed by atoms with E-state index < -0.39 is 4.92 Å². The number of benzene rings is 1. The Kier molecular flexibility index (Phi) is 4.06. The second-order valence-electron chi connectivity index (χ2n) is 3.68. The second kappa shape index (κ2) is 5.93. The van der Waals surface area contributed by atoms with Crippen molar-refractivity contribution in [3.05, 3.63) is 56.3 Å². The zero-order valence-electron chi connectivity index (χ0n) is 10.0. The first-order valence-electron chi connectivity index (χ1n) is 5.42. The van der Waals surface area contributed by atoms with Gasteiger partial charge in [-0.05, 0) is 17.5 Å². The summed E-state index contributed by atoms with van der Waals surface area (Å²) >= 11 is 1.26. The molecule has 102 valence electrons. The van der Waals surface area contributed by atoms with Crippen LogP contribution in [0.3, 0.4) is 0 Å². The van der Waals surface area contributed by atoms with Crippen LogP contribution in [-0.2, 0) is 0 Å². The fourth-order valence-electron chi connectivity index (χ4n) is 1.38. The van der Waals surface area contributed by atoms with E-state index in [1.807, 2.05) is 0 Å². The van der Waals surface area contributed by atoms with E-state index in [2.05, 4.69) is 10.5 Å². The third kappa shape index (κ3) is 3.18. The zero-order valence-corrected chi connectivity index (χ0v) is 10.8. The molecule has 0 spiro atoms. The lowest BCUT2D eigenvalue weighted by molar-refractivity contribution is -0.384. The van der Waals surface area contributed by atoms with Gasteiger partial charge in [-0.15, -0.1) is 11.3 Å². The molecule has 0 unspecified atom stereocenters. The third-order valence-corrected chi connectivity index (χ3v) is 3.21. The number of phenolic OH excluding ortho intramolecular Hbond substituents is 1. The number of carbonyl (C=O) groups excluding carboxylic acids is 1. The largest absolute Gasteiger partial charge is 0.507 e. The predicted octanol–water partition coefficient (Wildman–Crippen LogP) is 2.13. The zero-order chi connectivity index (χ0) is 14.5. The average molecular weight is 291 g/mol. The van der Waals surface area contributed by atoms with Gasteiger partial charge in [0.25, 0.3) is 11.6 Å². The first-order chi connectivity index (χ1) is 9.58. The monoisotopic (exact) mass is 291 g/mol. The third-order valence-electron chi connectivity index (χ3n) is 2.34. The van der Waals surface area contributed by atoms with Crippen LogP contribution in [-0.4, -0.2) is 22.2 Å². The van der Waals surface area contributed by atoms with Crippen molar-refractivity contribution >= 4 is 29.1 Å². The lowest BCUT2D eigenvalue weighted by Crippen LogP contribution is -2.16. The fourth-order valence-corrected chi connectivity index (χ4v) is 2.00. The molecule has 2 aromatic rings. The maximum Gasteiger partial charge on any atom is 0.281 e. The topological polar surface area (TPSA) is 105 Å². The Morgan fingerprint density at radius 2 is 2.25 bits per heavy atom. The van der Waals surface area contributed by atoms with Gasteiger partial charge in [-0.1, -0.05) is 6.07 Å². The molecule has 1 heterocycles. The number of nitrogens with one attached hydrogen (secondary N) is 1. The molecule has 7 nitrogen and oxygen atoms in total. The molecule has 0 aliphatic carbocycles. The van der Waals surface area contributed by atoms with Crippen molar-refractivity contribution in [3.63, 3.8) is 0 Å². The summed E-state index contributed by atoms with van der Waals surface area (Å²) in [7, 11) is 0. The molecule has 0 saturated carbocycles. The Morgan fingerprint density at radius 1 is 1.45 bits per heavy atom. The van der Waals surface area contributed by atoms with Crippen molar-refractivity contribution in [2.24, 2.45) is 5.10 Å². The van der Waals surface area contributed by atoms with Gasteiger partial charge in [0, 0.05) is 17.7 Å². The SMILES string of the molecule is O=C(N/N=C/c1cc([N+](=O)[O-])ccc1O)c1cccs1. The quantitative estimate of drug-likeness (QED) is 0.511. The summed E-state index contributed by atoms with van der Waals surface area (Å²) in [5.74, 6) is -0.550. The van der Waals surface area contributed by atoms with Gasteiger partial charge in [0.1, 0.15) is 5.75 Å². The summed E-state index contributed by atoms with van der Waals surface area (Å²) in [6.45, 7) is 0. The first-order valence-corrected chi connectivity index (χ1v) is 6.30. The Hall–Kier alpha value is -2.74. The molecule has 0 aliphatic rings. The number of non-ortho nitro benzene ring substituents is 1. The Bertz CT molecular complexity index is 667. The summed E-state index contributed by atoms with van der Waals surface area (Å²) in [5, 5.41) is 25.6. The summed E-state index contributed by atoms with van der Waals surface area (Å²) in [6, 6.07) is 6.91. The number of amides is 1. The van der Waals surface area contributed by atoms with E-state index in [4.69, 9.17) is 0 Å². The summed E-state index contributed by atoms with van der Waals surface area (Å²) in [4.78, 5) is 22.1. The maximum atomic E-state index is 11.6. The smallest absolute Gasteiger partial charge is 0.281 e. The van der Waals surface area contributed by atoms with Gasteiger partial charge in [0.05, 0.1) is 16.0 Å². The van der Waals surface area contributed by atoms with E-state index in [9.17, 15) is 20.0 Å². The Morgan fingerprint density at radius 3 is 2.90 bits per heavy atom. The first kappa shape index (κ1) is 13.7. The molecule has 2 rings (SSSR count). The molecular formula is C12H9N3O4S. The van der Waals surface area contributed by atoms with Gasteiger partial charge in [-0.25, -0.2) is 5.43 Å². The fraction of sp³-hybridized carbons (Fsp3) is 0. The molecule has 0 aliphatic heterocycles. The van der Waals surface area contributed by atoms with Crippen LogP contribution >= 0.6 is 11.3 Å². The van der Waals surface area contributed by atoms with Crippen molar-refractivity contribution in [2.45, 2.75) is 0 Å². The number of thiophene rings is 1. The molecule has 8 heteroatoms. The number of aromatic hydroxyl groups is 1. The van der Waals surface area contributed by atoms with Crippen molar-refractivity contribution in [3.8, 4) is 5.75 Å². The average Bonchev–Trinajstić information content (AvgIpc) is 2.94. The predicted molar refractivity (Wildman–Crippen MR) is 74.1 cm³/mol. The van der Waals surface area contributed by atoms with E-state index in [0.717, 1.165) is 12.3 Å². The number of rotatable bonds is 4. The second-order valence-corrected chi connectivity index (χ2v) is 4.62. The number of carbonyl (C=O) groups is 1. The standard InChI is InChI=1S/C12H9N3O4S/c16-10-4-3-9(15(18)19)6-8(10)7-13-14-12(17)11-2-1-5-20-11/h1-7,16H,(H,14,17)/b13-7+. The number of nitro benzene ring substituents is 1. The van der Waals surface area contributed by atoms with E-state index in [1.165, 1.54) is 23.5 Å². The van der Waals surface area contributed by atoms with Gasteiger partial charge in [-0.3, -0.25) is 14.9 Å². The Labute approximate surface area is 117 Å². The van der Waals surface area contributed by atoms with Crippen LogP contribution < -0.4 is 5.43 Å². The highest BCUT2D eigenvalue weighted by Gasteiger charge is 2.09. The number of hydrogen-bond acceptors (Lipinski definition) is 6. The van der Waals surface area contributed by atoms with Crippen molar-refractivity contribution in [1.82, 2.24) is 5.43 Å². The van der Waals surface area contributed by atoms with Crippen LogP contribution in [0.15, 0.2) is 40.8 Å². The Balaban J connectivity index is 2.09. The molecule has 1 aromatic carbocycles. The van der Waals surface area contributed by atoms with Gasteiger partial charge in [-0.2, -0.15) is 5.10 Å². The minimum absolute atomic E-state index is 0.144. The van der Waals surface area contributed by atoms with E-state index in [-0.39, 0.29) is 22.9 Å². The van der Waals surface area contributed by atoms with E-state index in [0.29, 0.717) is 4.88 Å². The normalized spacial score (nSPS) is 10.6. The number of nitrogens with zero attached hydrogens (tertiary/aromatic N) is 2. The minimum atomic E-state index is -0.582. The molecule has 0 saturated heterocycles. The van der Waals surface area contributed by atoms with Crippen LogP contribution in [0.4, 0.5) is 5.69 Å². The number of hydrogen-bond donors (Lipinski definition) is 2. The van der Waals surface area contributed by atoms with Crippen molar-refractivity contribution in [1.29, 1.82) is 0 Å². The summed E-state index contributed by atoms with van der Waals surface area (Å²) in [5.41, 5.74) is 2.24. The highest BCUT2D eigenvalue weighted by atomic mass is 32.1. The lowest BCUT2D eigenvalue weighted by atomic mass is 10.2. The highest BCUT2D eigenvalue weighted by molar-refractivity contribution is 7.12. The van der Waals surface area contributed by atoms with Crippen LogP contribution in [0, 0.1) is 10.1 Å². The molecular weight excluding hydrogens is 282 g/mol. The maximum absolute atomic E-state index is 11.6. The van der Waals surface area contributed by atoms with Crippen LogP contribution in [0.25, 0.3) is 0 Å². The summed E-state index contributed by atoms with van der Waals surface area (Å²) in [6.07, 6.45) is 1.15. The van der Waals surface area contributed by atoms with Crippen LogP contribution in [0.5, 0.6) is 5.75 Å². The molecule has 20 heavy (non-hydrogen) atoms. The minimum Gasteiger partial charge on any atom is -0.507 e. The molecule has 1 aromatic heterocycles. The van der Waals surface area contributed by atoms with Crippen molar-refractivity contribution in [2.75, 3.05) is 0 Å². The number of phenols is 1. The molecule has 0 bridgehead atoms. The van der Waals surface area contributed by atoms with Gasteiger partial charge in [0.2, 0.25) is 0 Å². The van der Waals surface area contributed by atoms with Crippen LogP contribution in [0.1, 0.15) is 15.2 Å². The molecule has 0 fully saturated rings. The number of nitro groups is 1. The lowest BCUT2D eigenvalue weighted by Gasteiger charge is -1.99. The molecule has 2 N–H and O–H groups in total. The van der Waals surface area contributed by atoms with Crippen molar-refractivity contribution < 1.29 is 14.8 Å².